The number of hydrogen-bond acceptors (Lipinski definition) is 7. The first-order valence-electron chi connectivity index (χ1n) is 8.22. The maximum absolute atomic E-state index is 10.3. The summed E-state index contributed by atoms with van der Waals surface area (Å²) >= 11 is 5.78. The topological polar surface area (TPSA) is 105 Å². The van der Waals surface area contributed by atoms with Gasteiger partial charge < -0.3 is 20.3 Å². The van der Waals surface area contributed by atoms with Gasteiger partial charge in [0.2, 0.25) is 0 Å². The van der Waals surface area contributed by atoms with Crippen molar-refractivity contribution in [2.24, 2.45) is 0 Å². The quantitative estimate of drug-likeness (QED) is 0.577. The van der Waals surface area contributed by atoms with Crippen LogP contribution in [0.25, 0.3) is 11.2 Å². The number of aliphatic hydroxyl groups is 2. The average Bonchev–Trinajstić information content (AvgIpc) is 3.23. The van der Waals surface area contributed by atoms with Crippen LogP contribution in [-0.2, 0) is 11.3 Å². The third-order valence-corrected chi connectivity index (χ3v) is 4.73. The summed E-state index contributed by atoms with van der Waals surface area (Å²) in [6.45, 7) is 0.593. The van der Waals surface area contributed by atoms with E-state index < -0.39 is 24.5 Å². The maximum atomic E-state index is 10.3. The van der Waals surface area contributed by atoms with Gasteiger partial charge in [-0.2, -0.15) is 0 Å². The number of hydrogen-bond donors (Lipinski definition) is 3. The van der Waals surface area contributed by atoms with Gasteiger partial charge in [0.15, 0.2) is 23.2 Å². The van der Waals surface area contributed by atoms with Crippen LogP contribution < -0.4 is 5.32 Å². The molecule has 3 N–H and O–H groups in total. The van der Waals surface area contributed by atoms with Crippen molar-refractivity contribution >= 4 is 28.6 Å². The van der Waals surface area contributed by atoms with Gasteiger partial charge in [-0.05, 0) is 5.56 Å². The number of ether oxygens (including phenoxy) is 1. The Morgan fingerprint density at radius 1 is 1.12 bits per heavy atom. The molecule has 4 atom stereocenters. The molecule has 136 valence electrons. The molecule has 0 spiro atoms. The highest BCUT2D eigenvalue weighted by atomic mass is 35.5. The van der Waals surface area contributed by atoms with Crippen LogP contribution in [0.2, 0.25) is 0 Å². The number of alkyl halides is 1. The summed E-state index contributed by atoms with van der Waals surface area (Å²) in [5.74, 6) is 0.666. The van der Waals surface area contributed by atoms with Gasteiger partial charge in [0.1, 0.15) is 24.6 Å². The van der Waals surface area contributed by atoms with Crippen LogP contribution in [0.15, 0.2) is 43.0 Å². The Labute approximate surface area is 154 Å². The lowest BCUT2D eigenvalue weighted by molar-refractivity contribution is -0.0291. The second kappa shape index (κ2) is 7.16. The van der Waals surface area contributed by atoms with Crippen molar-refractivity contribution in [2.45, 2.75) is 31.1 Å². The number of aromatic nitrogens is 4. The molecule has 0 aliphatic carbocycles. The van der Waals surface area contributed by atoms with Gasteiger partial charge in [-0.15, -0.1) is 11.6 Å². The zero-order valence-corrected chi connectivity index (χ0v) is 14.5. The number of benzene rings is 1. The number of nitrogens with zero attached hydrogens (tertiary/aromatic N) is 4. The Morgan fingerprint density at radius 3 is 2.65 bits per heavy atom. The summed E-state index contributed by atoms with van der Waals surface area (Å²) in [5.41, 5.74) is 2.17. The number of nitrogens with one attached hydrogen (secondary N) is 1. The summed E-state index contributed by atoms with van der Waals surface area (Å²) in [5, 5.41) is 23.5. The van der Waals surface area contributed by atoms with E-state index >= 15 is 0 Å². The summed E-state index contributed by atoms with van der Waals surface area (Å²) < 4.78 is 7.26. The first-order valence-corrected chi connectivity index (χ1v) is 8.75. The van der Waals surface area contributed by atoms with Crippen molar-refractivity contribution in [1.29, 1.82) is 0 Å². The lowest BCUT2D eigenvalue weighted by Gasteiger charge is -2.16. The predicted octanol–water partition coefficient (Wildman–Crippen LogP) is 1.30. The molecule has 8 nitrogen and oxygen atoms in total. The van der Waals surface area contributed by atoms with Crippen LogP contribution in [0.5, 0.6) is 0 Å². The second-order valence-corrected chi connectivity index (χ2v) is 6.39. The largest absolute Gasteiger partial charge is 0.387 e. The molecule has 2 aromatic heterocycles. The number of imidazole rings is 1. The zero-order valence-electron chi connectivity index (χ0n) is 13.7. The second-order valence-electron chi connectivity index (χ2n) is 6.09. The van der Waals surface area contributed by atoms with Gasteiger partial charge in [0.25, 0.3) is 0 Å². The van der Waals surface area contributed by atoms with Crippen LogP contribution >= 0.6 is 11.6 Å². The highest BCUT2D eigenvalue weighted by molar-refractivity contribution is 6.18. The molecule has 0 unspecified atom stereocenters. The minimum Gasteiger partial charge on any atom is -0.387 e. The maximum Gasteiger partial charge on any atom is 0.167 e. The fraction of sp³-hybridized carbons (Fsp3) is 0.353. The molecule has 1 saturated heterocycles. The van der Waals surface area contributed by atoms with E-state index in [4.69, 9.17) is 16.3 Å². The molecule has 3 aromatic rings. The molecule has 26 heavy (non-hydrogen) atoms. The SMILES string of the molecule is O[C@@H]1[C@H](O)[C@@H](CCl)O[C@H]1n1cnc2c(NCc3ccccc3)ncnc21. The molecule has 1 fully saturated rings. The molecule has 9 heteroatoms. The number of halogens is 1. The summed E-state index contributed by atoms with van der Waals surface area (Å²) in [4.78, 5) is 12.9. The van der Waals surface area contributed by atoms with E-state index in [0.717, 1.165) is 5.56 Å². The monoisotopic (exact) mass is 375 g/mol. The van der Waals surface area contributed by atoms with Gasteiger partial charge in [0, 0.05) is 6.54 Å². The van der Waals surface area contributed by atoms with E-state index in [1.54, 1.807) is 4.57 Å². The molecule has 4 rings (SSSR count). The number of anilines is 1. The Morgan fingerprint density at radius 2 is 1.92 bits per heavy atom. The van der Waals surface area contributed by atoms with E-state index in [0.29, 0.717) is 23.5 Å². The lowest BCUT2D eigenvalue weighted by Crippen LogP contribution is -2.32. The molecule has 1 aliphatic heterocycles. The third kappa shape index (κ3) is 3.01. The Bertz CT molecular complexity index is 890. The van der Waals surface area contributed by atoms with Crippen molar-refractivity contribution in [3.05, 3.63) is 48.5 Å². The highest BCUT2D eigenvalue weighted by Crippen LogP contribution is 2.32. The average molecular weight is 376 g/mol. The van der Waals surface area contributed by atoms with Crippen LogP contribution in [0.3, 0.4) is 0 Å². The Balaban J connectivity index is 1.61. The normalized spacial score (nSPS) is 25.7. The van der Waals surface area contributed by atoms with E-state index in [2.05, 4.69) is 20.3 Å². The molecule has 1 aliphatic rings. The minimum atomic E-state index is -1.12. The molecule has 1 aromatic carbocycles. The van der Waals surface area contributed by atoms with Crippen LogP contribution in [0.1, 0.15) is 11.8 Å². The van der Waals surface area contributed by atoms with Crippen LogP contribution in [0.4, 0.5) is 5.82 Å². The van der Waals surface area contributed by atoms with Crippen molar-refractivity contribution < 1.29 is 14.9 Å². The first kappa shape index (κ1) is 17.2. The van der Waals surface area contributed by atoms with Crippen molar-refractivity contribution in [3.8, 4) is 0 Å². The van der Waals surface area contributed by atoms with Crippen molar-refractivity contribution in [3.63, 3.8) is 0 Å². The lowest BCUT2D eigenvalue weighted by atomic mass is 10.1. The molecule has 0 amide bonds. The standard InChI is InChI=1S/C17H18ClN5O3/c18-6-11-13(24)14(25)17(26-11)23-9-22-12-15(20-8-21-16(12)23)19-7-10-4-2-1-3-5-10/h1-5,8-9,11,13-14,17,24-25H,6-7H2,(H,19,20,21)/t11-,13-,14-,17-/m1/s1. The van der Waals surface area contributed by atoms with E-state index in [1.165, 1.54) is 12.7 Å². The zero-order chi connectivity index (χ0) is 18.1. The third-order valence-electron chi connectivity index (χ3n) is 4.42. The van der Waals surface area contributed by atoms with Gasteiger partial charge >= 0.3 is 0 Å². The molecule has 3 heterocycles. The predicted molar refractivity (Wildman–Crippen MR) is 95.7 cm³/mol. The molecular weight excluding hydrogens is 358 g/mol. The fourth-order valence-electron chi connectivity index (χ4n) is 3.04. The van der Waals surface area contributed by atoms with Gasteiger partial charge in [-0.1, -0.05) is 30.3 Å². The summed E-state index contributed by atoms with van der Waals surface area (Å²) in [7, 11) is 0. The molecule has 0 saturated carbocycles. The van der Waals surface area contributed by atoms with Crippen LogP contribution in [-0.4, -0.2) is 53.9 Å². The van der Waals surface area contributed by atoms with E-state index in [-0.39, 0.29) is 5.88 Å². The van der Waals surface area contributed by atoms with E-state index in [1.807, 2.05) is 30.3 Å². The molecular formula is C17H18ClN5O3. The summed E-state index contributed by atoms with van der Waals surface area (Å²) in [6.07, 6.45) is -0.698. The number of aliphatic hydroxyl groups excluding tert-OH is 2. The Kier molecular flexibility index (Phi) is 4.73. The minimum absolute atomic E-state index is 0.0836. The Hall–Kier alpha value is -2.26. The van der Waals surface area contributed by atoms with E-state index in [9.17, 15) is 10.2 Å². The summed E-state index contributed by atoms with van der Waals surface area (Å²) in [6, 6.07) is 9.93. The fourth-order valence-corrected chi connectivity index (χ4v) is 3.29. The van der Waals surface area contributed by atoms with Gasteiger partial charge in [-0.25, -0.2) is 15.0 Å². The molecule has 0 radical (unpaired) electrons. The smallest absolute Gasteiger partial charge is 0.167 e. The number of rotatable bonds is 5. The van der Waals surface area contributed by atoms with Gasteiger partial charge in [-0.3, -0.25) is 4.57 Å². The van der Waals surface area contributed by atoms with Crippen LogP contribution in [0, 0.1) is 0 Å². The molecule has 0 bridgehead atoms. The van der Waals surface area contributed by atoms with Crippen molar-refractivity contribution in [2.75, 3.05) is 11.2 Å². The van der Waals surface area contributed by atoms with Crippen molar-refractivity contribution in [1.82, 2.24) is 19.5 Å². The number of fused-ring (bicyclic) bond motifs is 1. The van der Waals surface area contributed by atoms with Gasteiger partial charge in [0.05, 0.1) is 12.2 Å². The highest BCUT2D eigenvalue weighted by Gasteiger charge is 2.43. The first-order chi connectivity index (χ1) is 12.7.